The first-order valence-corrected chi connectivity index (χ1v) is 23.2. The molecule has 15 heteroatoms. The summed E-state index contributed by atoms with van der Waals surface area (Å²) in [6.45, 7) is 13.7. The topological polar surface area (TPSA) is 220 Å². The molecule has 5 aliphatic heterocycles. The highest BCUT2D eigenvalue weighted by Crippen LogP contribution is 2.70. The molecule has 3 saturated carbocycles. The molecule has 8 unspecified atom stereocenters. The van der Waals surface area contributed by atoms with E-state index in [1.807, 2.05) is 0 Å². The number of hydrogen-bond donors (Lipinski definition) is 8. The van der Waals surface area contributed by atoms with E-state index in [-0.39, 0.29) is 11.5 Å². The maximum absolute atomic E-state index is 11.5. The maximum atomic E-state index is 11.5. The van der Waals surface area contributed by atoms with Gasteiger partial charge in [-0.3, -0.25) is 4.90 Å². The van der Waals surface area contributed by atoms with Crippen LogP contribution in [0.5, 0.6) is 0 Å². The predicted molar refractivity (Wildman–Crippen MR) is 214 cm³/mol. The van der Waals surface area contributed by atoms with E-state index in [4.69, 9.17) is 28.4 Å². The number of rotatable bonds is 7. The fraction of sp³-hybridized carbons (Fsp3) is 0.956. The van der Waals surface area contributed by atoms with Gasteiger partial charge in [0.05, 0.1) is 24.9 Å². The standard InChI is InChI=1S/C45H73NO14/c1-19-7-10-28-20(2)31-29(46(28)17-19)16-27-25-9-8-23-15-24(11-13-44(23,5)26(25)12-14-45(27,31)6)57-42-38(54)36(52)39(30(18-47)58-42)59-43-40(35(51)33(49)22(4)56-43)60-41-37(53)34(50)32(48)21(3)55-41/h8,19-22,24-43,47-54H,7,9-18H2,1-6H3/t19?,20?,21-,22-,24-,25?,26?,27?,28?,29?,30+,31?,32-,33-,34+,35+,36+,37+,38+,39+,40+,41+,42+,43+,44-,45-/m1/s1. The number of ether oxygens (including phenoxy) is 6. The maximum Gasteiger partial charge on any atom is 0.187 e. The molecule has 342 valence electrons. The lowest BCUT2D eigenvalue weighted by atomic mass is 9.47. The molecule has 8 N–H and O–H groups in total. The molecule has 15 nitrogen and oxygen atoms in total. The van der Waals surface area contributed by atoms with Crippen molar-refractivity contribution in [1.29, 1.82) is 0 Å². The molecule has 4 aliphatic carbocycles. The van der Waals surface area contributed by atoms with E-state index < -0.39 is 98.7 Å². The Labute approximate surface area is 354 Å². The Morgan fingerprint density at radius 2 is 1.33 bits per heavy atom. The summed E-state index contributed by atoms with van der Waals surface area (Å²) in [6.07, 6.45) is -9.05. The van der Waals surface area contributed by atoms with Gasteiger partial charge in [0.15, 0.2) is 18.9 Å². The zero-order valence-electron chi connectivity index (χ0n) is 36.2. The number of hydrogen-bond acceptors (Lipinski definition) is 15. The second-order valence-electron chi connectivity index (χ2n) is 21.2. The molecule has 0 amide bonds. The van der Waals surface area contributed by atoms with Gasteiger partial charge in [-0.1, -0.05) is 39.3 Å². The van der Waals surface area contributed by atoms with Crippen LogP contribution in [-0.2, 0) is 28.4 Å². The molecule has 0 spiro atoms. The highest BCUT2D eigenvalue weighted by molar-refractivity contribution is 5.27. The molecule has 0 radical (unpaired) electrons. The average molecular weight is 852 g/mol. The summed E-state index contributed by atoms with van der Waals surface area (Å²) in [5.41, 5.74) is 1.89. The van der Waals surface area contributed by atoms with Crippen LogP contribution in [0, 0.1) is 46.3 Å². The molecule has 0 aromatic heterocycles. The van der Waals surface area contributed by atoms with Crippen molar-refractivity contribution in [3.05, 3.63) is 11.6 Å². The van der Waals surface area contributed by atoms with Crippen LogP contribution in [0.1, 0.15) is 99.3 Å². The van der Waals surface area contributed by atoms with Crippen LogP contribution in [0.2, 0.25) is 0 Å². The smallest absolute Gasteiger partial charge is 0.187 e. The van der Waals surface area contributed by atoms with Crippen molar-refractivity contribution >= 4 is 0 Å². The SMILES string of the molecule is CC1CCC2C(C)C3C(CC4C5CC=C6C[C@H](O[C@H]7O[C@@H](CO)[C@H](O[C@@H]8O[C@H](C)[C@@H](O)[C@H](O)[C@@H]8O[C@@H]8O[C@H](C)[C@@H](O)[C@H](O)[C@@H]8O)[C@@H](O)[C@@H]7O)CC[C@@]6(C)C5CC[C@]43C)N2C1. The second-order valence-corrected chi connectivity index (χ2v) is 21.2. The van der Waals surface area contributed by atoms with Crippen molar-refractivity contribution in [2.45, 2.75) is 210 Å². The van der Waals surface area contributed by atoms with Crippen molar-refractivity contribution in [2.24, 2.45) is 46.3 Å². The summed E-state index contributed by atoms with van der Waals surface area (Å²) in [7, 11) is 0. The van der Waals surface area contributed by atoms with E-state index in [2.05, 4.69) is 38.7 Å². The van der Waals surface area contributed by atoms with Crippen LogP contribution in [-0.4, -0.2) is 169 Å². The van der Waals surface area contributed by atoms with E-state index in [0.29, 0.717) is 23.7 Å². The molecule has 0 aromatic carbocycles. The van der Waals surface area contributed by atoms with E-state index in [1.165, 1.54) is 58.1 Å². The van der Waals surface area contributed by atoms with Crippen molar-refractivity contribution < 1.29 is 69.3 Å². The number of allylic oxidation sites excluding steroid dienone is 1. The van der Waals surface area contributed by atoms with Crippen LogP contribution < -0.4 is 0 Å². The van der Waals surface area contributed by atoms with E-state index in [1.54, 1.807) is 0 Å². The Bertz CT molecular complexity index is 1570. The zero-order chi connectivity index (χ0) is 42.7. The monoisotopic (exact) mass is 852 g/mol. The summed E-state index contributed by atoms with van der Waals surface area (Å²) in [4.78, 5) is 2.95. The Balaban J connectivity index is 0.852. The van der Waals surface area contributed by atoms with Gasteiger partial charge in [-0.25, -0.2) is 0 Å². The third-order valence-corrected chi connectivity index (χ3v) is 18.0. The lowest BCUT2D eigenvalue weighted by Gasteiger charge is -2.58. The largest absolute Gasteiger partial charge is 0.394 e. The quantitative estimate of drug-likeness (QED) is 0.169. The van der Waals surface area contributed by atoms with Crippen LogP contribution >= 0.6 is 0 Å². The number of aliphatic hydroxyl groups is 8. The van der Waals surface area contributed by atoms with Crippen molar-refractivity contribution in [3.8, 4) is 0 Å². The molecule has 8 fully saturated rings. The molecule has 26 atom stereocenters. The van der Waals surface area contributed by atoms with Gasteiger partial charge in [0.25, 0.3) is 0 Å². The van der Waals surface area contributed by atoms with E-state index in [0.717, 1.165) is 55.0 Å². The van der Waals surface area contributed by atoms with Gasteiger partial charge < -0.3 is 69.3 Å². The molecule has 60 heavy (non-hydrogen) atoms. The summed E-state index contributed by atoms with van der Waals surface area (Å²) in [6, 6.07) is 1.49. The van der Waals surface area contributed by atoms with Crippen LogP contribution in [0.25, 0.3) is 0 Å². The highest BCUT2D eigenvalue weighted by Gasteiger charge is 2.66. The lowest BCUT2D eigenvalue weighted by Crippen LogP contribution is -2.66. The Morgan fingerprint density at radius 3 is 2.07 bits per heavy atom. The van der Waals surface area contributed by atoms with Gasteiger partial charge in [-0.15, -0.1) is 0 Å². The average Bonchev–Trinajstić information content (AvgIpc) is 3.69. The van der Waals surface area contributed by atoms with Crippen LogP contribution in [0.4, 0.5) is 0 Å². The lowest BCUT2D eigenvalue weighted by molar-refractivity contribution is -0.386. The number of fused-ring (bicyclic) bond motifs is 9. The number of aliphatic hydroxyl groups excluding tert-OH is 8. The fourth-order valence-electron chi connectivity index (χ4n) is 14.7. The van der Waals surface area contributed by atoms with Crippen molar-refractivity contribution in [1.82, 2.24) is 4.90 Å². The summed E-state index contributed by atoms with van der Waals surface area (Å²) in [5, 5.41) is 86.3. The molecular formula is C45H73NO14. The van der Waals surface area contributed by atoms with E-state index in [9.17, 15) is 40.9 Å². The molecular weight excluding hydrogens is 778 g/mol. The van der Waals surface area contributed by atoms with Crippen LogP contribution in [0.15, 0.2) is 11.6 Å². The Hall–Kier alpha value is -0.860. The minimum Gasteiger partial charge on any atom is -0.394 e. The summed E-state index contributed by atoms with van der Waals surface area (Å²) in [5.74, 6) is 4.39. The minimum absolute atomic E-state index is 0.0796. The van der Waals surface area contributed by atoms with Crippen molar-refractivity contribution in [3.63, 3.8) is 0 Å². The third-order valence-electron chi connectivity index (χ3n) is 18.0. The highest BCUT2D eigenvalue weighted by atomic mass is 16.8. The van der Waals surface area contributed by atoms with Gasteiger partial charge in [-0.2, -0.15) is 0 Å². The van der Waals surface area contributed by atoms with Gasteiger partial charge in [0.1, 0.15) is 61.0 Å². The second kappa shape index (κ2) is 16.5. The molecule has 5 saturated heterocycles. The summed E-state index contributed by atoms with van der Waals surface area (Å²) < 4.78 is 36.0. The Morgan fingerprint density at radius 1 is 0.683 bits per heavy atom. The van der Waals surface area contributed by atoms with E-state index >= 15 is 0 Å². The van der Waals surface area contributed by atoms with Gasteiger partial charge in [0.2, 0.25) is 0 Å². The zero-order valence-corrected chi connectivity index (χ0v) is 36.2. The first-order chi connectivity index (χ1) is 28.5. The molecule has 9 aliphatic rings. The number of piperidine rings is 1. The van der Waals surface area contributed by atoms with Gasteiger partial charge >= 0.3 is 0 Å². The normalized spacial score (nSPS) is 58.1. The Kier molecular flexibility index (Phi) is 12.2. The van der Waals surface area contributed by atoms with Crippen molar-refractivity contribution in [2.75, 3.05) is 13.2 Å². The fourth-order valence-corrected chi connectivity index (χ4v) is 14.7. The van der Waals surface area contributed by atoms with Gasteiger partial charge in [-0.05, 0) is 118 Å². The molecule has 9 rings (SSSR count). The minimum atomic E-state index is -1.72. The third kappa shape index (κ3) is 7.11. The predicted octanol–water partition coefficient (Wildman–Crippen LogP) is 1.18. The first kappa shape index (κ1) is 44.3. The molecule has 0 bridgehead atoms. The summed E-state index contributed by atoms with van der Waals surface area (Å²) >= 11 is 0. The van der Waals surface area contributed by atoms with Crippen LogP contribution in [0.3, 0.4) is 0 Å². The molecule has 5 heterocycles. The van der Waals surface area contributed by atoms with Gasteiger partial charge in [0, 0.05) is 18.6 Å². The first-order valence-electron chi connectivity index (χ1n) is 23.2. The number of nitrogens with zero attached hydrogens (tertiary/aromatic N) is 1. The molecule has 0 aromatic rings.